The number of ketones is 1. The number of hydrogen-bond donors (Lipinski definition) is 0. The normalized spacial score (nSPS) is 10.9. The highest BCUT2D eigenvalue weighted by molar-refractivity contribution is 7.20. The summed E-state index contributed by atoms with van der Waals surface area (Å²) in [5.41, 5.74) is 0.281. The van der Waals surface area contributed by atoms with Crippen LogP contribution in [0.25, 0.3) is 10.2 Å². The second-order valence-corrected chi connectivity index (χ2v) is 9.10. The molecule has 0 fully saturated rings. The molecule has 0 saturated carbocycles. The summed E-state index contributed by atoms with van der Waals surface area (Å²) in [5.74, 6) is -0.251. The predicted octanol–water partition coefficient (Wildman–Crippen LogP) is 5.19. The fourth-order valence-corrected chi connectivity index (χ4v) is 4.85. The molecule has 0 amide bonds. The molecule has 174 valence electrons. The third kappa shape index (κ3) is 5.14. The number of ether oxygens (including phenoxy) is 2. The van der Waals surface area contributed by atoms with Gasteiger partial charge in [-0.3, -0.25) is 14.2 Å². The maximum absolute atomic E-state index is 13.1. The standard InChI is InChI=1S/C24H18Cl2N2O5S/c1-14-20-22(34-21(14)24(31)33-10-9-32-16-5-3-2-4-6-16)27-13-28(23(20)30)12-19(29)17-8-7-15(25)11-18(17)26/h2-8,11,13H,9-10,12H2,1H3. The molecule has 0 unspecified atom stereocenters. The van der Waals surface area contributed by atoms with E-state index in [0.717, 1.165) is 11.3 Å². The Morgan fingerprint density at radius 2 is 1.85 bits per heavy atom. The third-order valence-electron chi connectivity index (χ3n) is 4.98. The molecule has 0 aliphatic heterocycles. The van der Waals surface area contributed by atoms with Crippen molar-refractivity contribution in [2.45, 2.75) is 13.5 Å². The highest BCUT2D eigenvalue weighted by Crippen LogP contribution is 2.28. The smallest absolute Gasteiger partial charge is 0.348 e. The zero-order chi connectivity index (χ0) is 24.2. The van der Waals surface area contributed by atoms with E-state index in [0.29, 0.717) is 21.2 Å². The molecule has 10 heteroatoms. The molecule has 0 saturated heterocycles. The number of fused-ring (bicyclic) bond motifs is 1. The molecule has 34 heavy (non-hydrogen) atoms. The molecule has 2 aromatic heterocycles. The second-order valence-electron chi connectivity index (χ2n) is 7.26. The van der Waals surface area contributed by atoms with E-state index in [1.165, 1.54) is 23.0 Å². The van der Waals surface area contributed by atoms with Crippen molar-refractivity contribution in [3.63, 3.8) is 0 Å². The minimum absolute atomic E-state index is 0.0510. The van der Waals surface area contributed by atoms with Crippen LogP contribution in [0.1, 0.15) is 25.6 Å². The summed E-state index contributed by atoms with van der Waals surface area (Å²) >= 11 is 13.1. The molecule has 2 aromatic carbocycles. The highest BCUT2D eigenvalue weighted by Gasteiger charge is 2.21. The Bertz CT molecular complexity index is 1430. The van der Waals surface area contributed by atoms with Gasteiger partial charge in [-0.05, 0) is 42.8 Å². The highest BCUT2D eigenvalue weighted by atomic mass is 35.5. The monoisotopic (exact) mass is 516 g/mol. The molecular weight excluding hydrogens is 499 g/mol. The number of carbonyl (C=O) groups is 2. The number of aryl methyl sites for hydroxylation is 1. The Hall–Kier alpha value is -3.20. The van der Waals surface area contributed by atoms with Gasteiger partial charge in [-0.15, -0.1) is 11.3 Å². The van der Waals surface area contributed by atoms with Gasteiger partial charge in [0.15, 0.2) is 5.78 Å². The van der Waals surface area contributed by atoms with Gasteiger partial charge in [-0.1, -0.05) is 41.4 Å². The van der Waals surface area contributed by atoms with E-state index in [1.807, 2.05) is 18.2 Å². The van der Waals surface area contributed by atoms with Crippen molar-refractivity contribution in [1.82, 2.24) is 9.55 Å². The van der Waals surface area contributed by atoms with Crippen molar-refractivity contribution in [1.29, 1.82) is 0 Å². The topological polar surface area (TPSA) is 87.5 Å². The van der Waals surface area contributed by atoms with Gasteiger partial charge >= 0.3 is 5.97 Å². The van der Waals surface area contributed by atoms with Gasteiger partial charge in [0.2, 0.25) is 0 Å². The second kappa shape index (κ2) is 10.4. The van der Waals surface area contributed by atoms with Crippen LogP contribution >= 0.6 is 34.5 Å². The summed E-state index contributed by atoms with van der Waals surface area (Å²) in [6.45, 7) is 1.64. The first-order chi connectivity index (χ1) is 16.3. The molecular formula is C24H18Cl2N2O5S. The number of aromatic nitrogens is 2. The van der Waals surface area contributed by atoms with Crippen molar-refractivity contribution in [3.05, 3.63) is 91.3 Å². The molecule has 7 nitrogen and oxygen atoms in total. The lowest BCUT2D eigenvalue weighted by Gasteiger charge is -2.07. The lowest BCUT2D eigenvalue weighted by molar-refractivity contribution is 0.0455. The van der Waals surface area contributed by atoms with E-state index in [-0.39, 0.29) is 46.4 Å². The van der Waals surface area contributed by atoms with E-state index >= 15 is 0 Å². The SMILES string of the molecule is Cc1c(C(=O)OCCOc2ccccc2)sc2ncn(CC(=O)c3ccc(Cl)cc3Cl)c(=O)c12. The van der Waals surface area contributed by atoms with Crippen molar-refractivity contribution in [2.24, 2.45) is 0 Å². The third-order valence-corrected chi connectivity index (χ3v) is 6.70. The zero-order valence-electron chi connectivity index (χ0n) is 17.9. The Morgan fingerprint density at radius 3 is 2.59 bits per heavy atom. The number of para-hydroxylation sites is 1. The fourth-order valence-electron chi connectivity index (χ4n) is 3.30. The first-order valence-corrected chi connectivity index (χ1v) is 11.7. The molecule has 0 radical (unpaired) electrons. The van der Waals surface area contributed by atoms with Gasteiger partial charge < -0.3 is 9.47 Å². The summed E-state index contributed by atoms with van der Waals surface area (Å²) in [6.07, 6.45) is 1.28. The van der Waals surface area contributed by atoms with Gasteiger partial charge in [0.1, 0.15) is 28.7 Å². The summed E-state index contributed by atoms with van der Waals surface area (Å²) in [6, 6.07) is 13.7. The number of hydrogen-bond acceptors (Lipinski definition) is 7. The maximum Gasteiger partial charge on any atom is 0.348 e. The molecule has 0 aliphatic rings. The molecule has 4 aromatic rings. The van der Waals surface area contributed by atoms with E-state index < -0.39 is 11.5 Å². The summed E-state index contributed by atoms with van der Waals surface area (Å²) in [7, 11) is 0. The average molecular weight is 517 g/mol. The predicted molar refractivity (Wildman–Crippen MR) is 132 cm³/mol. The van der Waals surface area contributed by atoms with Crippen LogP contribution in [0.5, 0.6) is 5.75 Å². The Labute approximate surface area is 208 Å². The lowest BCUT2D eigenvalue weighted by Crippen LogP contribution is -2.24. The van der Waals surface area contributed by atoms with Gasteiger partial charge in [-0.2, -0.15) is 0 Å². The quantitative estimate of drug-likeness (QED) is 0.182. The molecule has 2 heterocycles. The van der Waals surface area contributed by atoms with Gasteiger partial charge in [0, 0.05) is 10.6 Å². The van der Waals surface area contributed by atoms with Crippen LogP contribution in [0, 0.1) is 6.92 Å². The van der Waals surface area contributed by atoms with Crippen LogP contribution < -0.4 is 10.3 Å². The molecule has 0 N–H and O–H groups in total. The fraction of sp³-hybridized carbons (Fsp3) is 0.167. The average Bonchev–Trinajstić information content (AvgIpc) is 3.16. The number of rotatable bonds is 8. The van der Waals surface area contributed by atoms with Crippen LogP contribution in [0.2, 0.25) is 10.0 Å². The van der Waals surface area contributed by atoms with Crippen molar-refractivity contribution >= 4 is 56.5 Å². The minimum atomic E-state index is -0.563. The van der Waals surface area contributed by atoms with Gasteiger partial charge in [0.25, 0.3) is 5.56 Å². The van der Waals surface area contributed by atoms with Crippen LogP contribution in [-0.2, 0) is 11.3 Å². The number of carbonyl (C=O) groups excluding carboxylic acids is 2. The van der Waals surface area contributed by atoms with E-state index in [4.69, 9.17) is 32.7 Å². The lowest BCUT2D eigenvalue weighted by atomic mass is 10.1. The number of thiophene rings is 1. The number of nitrogens with zero attached hydrogens (tertiary/aromatic N) is 2. The van der Waals surface area contributed by atoms with Crippen LogP contribution in [0.3, 0.4) is 0 Å². The molecule has 0 atom stereocenters. The Balaban J connectivity index is 1.48. The van der Waals surface area contributed by atoms with Crippen LogP contribution in [0.15, 0.2) is 59.7 Å². The number of halogens is 2. The number of Topliss-reactive ketones (excluding diaryl/α,β-unsaturated/α-hetero) is 1. The zero-order valence-corrected chi connectivity index (χ0v) is 20.2. The van der Waals surface area contributed by atoms with Crippen molar-refractivity contribution in [3.8, 4) is 5.75 Å². The minimum Gasteiger partial charge on any atom is -0.490 e. The van der Waals surface area contributed by atoms with Crippen LogP contribution in [0.4, 0.5) is 0 Å². The van der Waals surface area contributed by atoms with Crippen molar-refractivity contribution in [2.75, 3.05) is 13.2 Å². The largest absolute Gasteiger partial charge is 0.490 e. The van der Waals surface area contributed by atoms with Gasteiger partial charge in [0.05, 0.1) is 23.3 Å². The van der Waals surface area contributed by atoms with E-state index in [2.05, 4.69) is 4.98 Å². The molecule has 0 bridgehead atoms. The summed E-state index contributed by atoms with van der Waals surface area (Å²) in [5, 5.41) is 0.879. The Morgan fingerprint density at radius 1 is 1.09 bits per heavy atom. The first kappa shape index (κ1) is 23.9. The molecule has 4 rings (SSSR count). The maximum atomic E-state index is 13.1. The van der Waals surface area contributed by atoms with E-state index in [1.54, 1.807) is 25.1 Å². The first-order valence-electron chi connectivity index (χ1n) is 10.2. The van der Waals surface area contributed by atoms with E-state index in [9.17, 15) is 14.4 Å². The number of esters is 1. The molecule has 0 aliphatic carbocycles. The summed E-state index contributed by atoms with van der Waals surface area (Å²) in [4.78, 5) is 43.3. The summed E-state index contributed by atoms with van der Waals surface area (Å²) < 4.78 is 12.0. The molecule has 0 spiro atoms. The Kier molecular flexibility index (Phi) is 7.31. The van der Waals surface area contributed by atoms with Gasteiger partial charge in [-0.25, -0.2) is 9.78 Å². The van der Waals surface area contributed by atoms with Crippen molar-refractivity contribution < 1.29 is 19.1 Å². The van der Waals surface area contributed by atoms with Crippen LogP contribution in [-0.4, -0.2) is 34.5 Å². The number of benzene rings is 2.